The van der Waals surface area contributed by atoms with Gasteiger partial charge in [-0.2, -0.15) is 5.26 Å². The molecule has 0 fully saturated rings. The van der Waals surface area contributed by atoms with Gasteiger partial charge in [-0.05, 0) is 37.6 Å². The molecule has 2 amide bonds. The van der Waals surface area contributed by atoms with Gasteiger partial charge in [-0.1, -0.05) is 12.1 Å². The van der Waals surface area contributed by atoms with Crippen molar-refractivity contribution in [2.45, 2.75) is 13.8 Å². The number of nitrogens with zero attached hydrogens (tertiary/aromatic N) is 2. The SMILES string of the molecule is CCN(CC)C(=O)/C(C#N)=C\c1ccc(OCC(N)=O)cc1. The summed E-state index contributed by atoms with van der Waals surface area (Å²) in [6.07, 6.45) is 1.53. The standard InChI is InChI=1S/C16H19N3O3/c1-3-19(4-2)16(21)13(10-17)9-12-5-7-14(8-6-12)22-11-15(18)20/h5-9H,3-4,11H2,1-2H3,(H2,18,20)/b13-9-. The number of primary amides is 1. The van der Waals surface area contributed by atoms with Crippen molar-refractivity contribution in [3.05, 3.63) is 35.4 Å². The predicted octanol–water partition coefficient (Wildman–Crippen LogP) is 1.33. The van der Waals surface area contributed by atoms with Crippen LogP contribution in [0.2, 0.25) is 0 Å². The van der Waals surface area contributed by atoms with Crippen LogP contribution in [-0.2, 0) is 9.59 Å². The van der Waals surface area contributed by atoms with Crippen LogP contribution in [0.5, 0.6) is 5.75 Å². The molecule has 22 heavy (non-hydrogen) atoms. The van der Waals surface area contributed by atoms with Crippen LogP contribution in [0.1, 0.15) is 19.4 Å². The van der Waals surface area contributed by atoms with Crippen LogP contribution in [-0.4, -0.2) is 36.4 Å². The third-order valence-corrected chi connectivity index (χ3v) is 2.97. The second-order valence-corrected chi connectivity index (χ2v) is 4.47. The molecule has 0 saturated heterocycles. The molecule has 2 N–H and O–H groups in total. The first-order valence-corrected chi connectivity index (χ1v) is 6.94. The Morgan fingerprint density at radius 1 is 1.27 bits per heavy atom. The monoisotopic (exact) mass is 301 g/mol. The Morgan fingerprint density at radius 3 is 2.32 bits per heavy atom. The molecular weight excluding hydrogens is 282 g/mol. The van der Waals surface area contributed by atoms with E-state index in [9.17, 15) is 9.59 Å². The zero-order valence-electron chi connectivity index (χ0n) is 12.7. The Bertz CT molecular complexity index is 596. The highest BCUT2D eigenvalue weighted by atomic mass is 16.5. The second-order valence-electron chi connectivity index (χ2n) is 4.47. The molecule has 0 saturated carbocycles. The average Bonchev–Trinajstić information content (AvgIpc) is 2.52. The number of carbonyl (C=O) groups excluding carboxylic acids is 2. The van der Waals surface area contributed by atoms with Crippen LogP contribution >= 0.6 is 0 Å². The van der Waals surface area contributed by atoms with Gasteiger partial charge in [0.1, 0.15) is 17.4 Å². The number of ether oxygens (including phenoxy) is 1. The maximum Gasteiger partial charge on any atom is 0.264 e. The van der Waals surface area contributed by atoms with Crippen molar-refractivity contribution in [2.24, 2.45) is 5.73 Å². The van der Waals surface area contributed by atoms with Gasteiger partial charge in [0, 0.05) is 13.1 Å². The summed E-state index contributed by atoms with van der Waals surface area (Å²) in [6.45, 7) is 4.63. The summed E-state index contributed by atoms with van der Waals surface area (Å²) in [5.74, 6) is -0.355. The van der Waals surface area contributed by atoms with Crippen LogP contribution in [0.15, 0.2) is 29.8 Å². The number of hydrogen-bond donors (Lipinski definition) is 1. The van der Waals surface area contributed by atoms with Crippen molar-refractivity contribution in [1.29, 1.82) is 5.26 Å². The predicted molar refractivity (Wildman–Crippen MR) is 82.6 cm³/mol. The number of amides is 2. The number of hydrogen-bond acceptors (Lipinski definition) is 4. The molecule has 0 heterocycles. The first-order valence-electron chi connectivity index (χ1n) is 6.94. The third kappa shape index (κ3) is 4.94. The van der Waals surface area contributed by atoms with Gasteiger partial charge in [0.05, 0.1) is 0 Å². The molecule has 0 radical (unpaired) electrons. The molecular formula is C16H19N3O3. The molecule has 1 aromatic carbocycles. The highest BCUT2D eigenvalue weighted by molar-refractivity contribution is 6.01. The quantitative estimate of drug-likeness (QED) is 0.607. The fraction of sp³-hybridized carbons (Fsp3) is 0.312. The Hall–Kier alpha value is -2.81. The summed E-state index contributed by atoms with van der Waals surface area (Å²) in [6, 6.07) is 8.62. The van der Waals surface area contributed by atoms with E-state index in [4.69, 9.17) is 15.7 Å². The number of likely N-dealkylation sites (N-methyl/N-ethyl adjacent to an activating group) is 1. The van der Waals surface area contributed by atoms with E-state index in [-0.39, 0.29) is 18.1 Å². The lowest BCUT2D eigenvalue weighted by atomic mass is 10.1. The molecule has 0 atom stereocenters. The van der Waals surface area contributed by atoms with E-state index >= 15 is 0 Å². The lowest BCUT2D eigenvalue weighted by Crippen LogP contribution is -2.31. The van der Waals surface area contributed by atoms with E-state index in [1.54, 1.807) is 29.2 Å². The maximum absolute atomic E-state index is 12.1. The minimum absolute atomic E-state index is 0.0782. The highest BCUT2D eigenvalue weighted by Gasteiger charge is 2.15. The van der Waals surface area contributed by atoms with Gasteiger partial charge in [-0.3, -0.25) is 9.59 Å². The fourth-order valence-electron chi connectivity index (χ4n) is 1.80. The largest absolute Gasteiger partial charge is 0.484 e. The molecule has 0 aliphatic rings. The Balaban J connectivity index is 2.88. The molecule has 0 spiro atoms. The van der Waals surface area contributed by atoms with E-state index in [2.05, 4.69) is 0 Å². The summed E-state index contributed by atoms with van der Waals surface area (Å²) in [5.41, 5.74) is 5.77. The van der Waals surface area contributed by atoms with E-state index in [1.807, 2.05) is 19.9 Å². The maximum atomic E-state index is 12.1. The molecule has 6 heteroatoms. The van der Waals surface area contributed by atoms with E-state index < -0.39 is 5.91 Å². The second kappa shape index (κ2) is 8.47. The lowest BCUT2D eigenvalue weighted by Gasteiger charge is -2.17. The van der Waals surface area contributed by atoms with Crippen LogP contribution in [0.25, 0.3) is 6.08 Å². The Morgan fingerprint density at radius 2 is 1.86 bits per heavy atom. The number of carbonyl (C=O) groups is 2. The van der Waals surface area contributed by atoms with Gasteiger partial charge in [0.2, 0.25) is 0 Å². The van der Waals surface area contributed by atoms with Crippen LogP contribution < -0.4 is 10.5 Å². The van der Waals surface area contributed by atoms with Gasteiger partial charge in [-0.15, -0.1) is 0 Å². The molecule has 0 unspecified atom stereocenters. The average molecular weight is 301 g/mol. The number of rotatable bonds is 7. The first-order chi connectivity index (χ1) is 10.5. The van der Waals surface area contributed by atoms with Crippen LogP contribution in [0.4, 0.5) is 0 Å². The minimum Gasteiger partial charge on any atom is -0.484 e. The van der Waals surface area contributed by atoms with Crippen molar-refractivity contribution in [3.63, 3.8) is 0 Å². The summed E-state index contributed by atoms with van der Waals surface area (Å²) < 4.78 is 5.14. The molecule has 6 nitrogen and oxygen atoms in total. The lowest BCUT2D eigenvalue weighted by molar-refractivity contribution is -0.126. The highest BCUT2D eigenvalue weighted by Crippen LogP contribution is 2.15. The first kappa shape index (κ1) is 17.2. The zero-order chi connectivity index (χ0) is 16.5. The van der Waals surface area contributed by atoms with Crippen molar-refractivity contribution in [2.75, 3.05) is 19.7 Å². The summed E-state index contributed by atoms with van der Waals surface area (Å²) >= 11 is 0. The van der Waals surface area contributed by atoms with Crippen LogP contribution in [0, 0.1) is 11.3 Å². The van der Waals surface area contributed by atoms with Crippen molar-refractivity contribution < 1.29 is 14.3 Å². The Labute approximate surface area is 129 Å². The van der Waals surface area contributed by atoms with Crippen LogP contribution in [0.3, 0.4) is 0 Å². The summed E-state index contributed by atoms with van der Waals surface area (Å²) in [4.78, 5) is 24.4. The van der Waals surface area contributed by atoms with Gasteiger partial charge in [0.15, 0.2) is 6.61 Å². The van der Waals surface area contributed by atoms with Gasteiger partial charge >= 0.3 is 0 Å². The molecule has 0 aromatic heterocycles. The molecule has 0 bridgehead atoms. The number of nitriles is 1. The van der Waals surface area contributed by atoms with E-state index in [0.29, 0.717) is 24.4 Å². The molecule has 0 aliphatic carbocycles. The minimum atomic E-state index is -0.555. The number of nitrogens with two attached hydrogens (primary N) is 1. The smallest absolute Gasteiger partial charge is 0.264 e. The van der Waals surface area contributed by atoms with E-state index in [0.717, 1.165) is 0 Å². The van der Waals surface area contributed by atoms with Crippen molar-refractivity contribution in [3.8, 4) is 11.8 Å². The third-order valence-electron chi connectivity index (χ3n) is 2.97. The van der Waals surface area contributed by atoms with Gasteiger partial charge in [-0.25, -0.2) is 0 Å². The van der Waals surface area contributed by atoms with Gasteiger partial charge in [0.25, 0.3) is 11.8 Å². The molecule has 116 valence electrons. The molecule has 0 aliphatic heterocycles. The molecule has 1 rings (SSSR count). The Kier molecular flexibility index (Phi) is 6.64. The summed E-state index contributed by atoms with van der Waals surface area (Å²) in [7, 11) is 0. The number of benzene rings is 1. The van der Waals surface area contributed by atoms with Crippen molar-refractivity contribution >= 4 is 17.9 Å². The topological polar surface area (TPSA) is 96.4 Å². The van der Waals surface area contributed by atoms with Crippen molar-refractivity contribution in [1.82, 2.24) is 4.90 Å². The van der Waals surface area contributed by atoms with E-state index in [1.165, 1.54) is 6.08 Å². The normalized spacial score (nSPS) is 10.7. The van der Waals surface area contributed by atoms with Gasteiger partial charge < -0.3 is 15.4 Å². The zero-order valence-corrected chi connectivity index (χ0v) is 12.7. The molecule has 1 aromatic rings. The fourth-order valence-corrected chi connectivity index (χ4v) is 1.80. The summed E-state index contributed by atoms with van der Waals surface area (Å²) in [5, 5.41) is 9.16.